The Labute approximate surface area is 122 Å². The van der Waals surface area contributed by atoms with Crippen LogP contribution in [-0.2, 0) is 13.0 Å². The smallest absolute Gasteiger partial charge is 0.139 e. The monoisotopic (exact) mass is 335 g/mol. The fourth-order valence-electron chi connectivity index (χ4n) is 2.55. The maximum absolute atomic E-state index is 13.5. The third kappa shape index (κ3) is 1.85. The van der Waals surface area contributed by atoms with Crippen LogP contribution in [0.3, 0.4) is 0 Å². The van der Waals surface area contributed by atoms with Crippen molar-refractivity contribution >= 4 is 27.0 Å². The lowest BCUT2D eigenvalue weighted by atomic mass is 10.1. The van der Waals surface area contributed by atoms with Crippen molar-refractivity contribution in [3.05, 3.63) is 46.0 Å². The zero-order valence-corrected chi connectivity index (χ0v) is 12.0. The van der Waals surface area contributed by atoms with E-state index in [4.69, 9.17) is 0 Å². The molecular weight excluding hydrogens is 325 g/mol. The number of aromatic amines is 2. The third-order valence-electron chi connectivity index (χ3n) is 3.60. The minimum Gasteiger partial charge on any atom is -0.347 e. The van der Waals surface area contributed by atoms with Gasteiger partial charge in [-0.25, -0.2) is 14.4 Å². The number of rotatable bonds is 1. The molecule has 3 aromatic rings. The molecule has 1 unspecified atom stereocenters. The average molecular weight is 336 g/mol. The van der Waals surface area contributed by atoms with E-state index in [1.807, 2.05) is 0 Å². The fourth-order valence-corrected chi connectivity index (χ4v) is 2.88. The van der Waals surface area contributed by atoms with Gasteiger partial charge < -0.3 is 15.3 Å². The highest BCUT2D eigenvalue weighted by Crippen LogP contribution is 2.26. The minimum atomic E-state index is -0.293. The van der Waals surface area contributed by atoms with E-state index in [0.717, 1.165) is 35.7 Å². The summed E-state index contributed by atoms with van der Waals surface area (Å²) < 4.78 is 14.0. The van der Waals surface area contributed by atoms with Gasteiger partial charge in [-0.15, -0.1) is 0 Å². The minimum absolute atomic E-state index is 0.0695. The van der Waals surface area contributed by atoms with Crippen LogP contribution < -0.4 is 5.32 Å². The van der Waals surface area contributed by atoms with E-state index in [0.29, 0.717) is 9.99 Å². The molecule has 20 heavy (non-hydrogen) atoms. The molecule has 102 valence electrons. The van der Waals surface area contributed by atoms with Crippen LogP contribution in [0, 0.1) is 5.82 Å². The first-order valence-electron chi connectivity index (χ1n) is 6.30. The van der Waals surface area contributed by atoms with Gasteiger partial charge in [-0.05, 0) is 22.0 Å². The van der Waals surface area contributed by atoms with Crippen LogP contribution in [0.2, 0.25) is 0 Å². The number of fused-ring (bicyclic) bond motifs is 2. The van der Waals surface area contributed by atoms with E-state index < -0.39 is 0 Å². The molecule has 7 heteroatoms. The maximum atomic E-state index is 13.5. The summed E-state index contributed by atoms with van der Waals surface area (Å²) in [5.41, 5.74) is 3.63. The summed E-state index contributed by atoms with van der Waals surface area (Å²) in [6, 6.07) is 3.21. The second kappa shape index (κ2) is 4.39. The van der Waals surface area contributed by atoms with E-state index >= 15 is 0 Å². The summed E-state index contributed by atoms with van der Waals surface area (Å²) in [6.45, 7) is 0.731. The van der Waals surface area contributed by atoms with Crippen molar-refractivity contribution in [2.75, 3.05) is 0 Å². The van der Waals surface area contributed by atoms with Crippen LogP contribution in [0.25, 0.3) is 11.0 Å². The van der Waals surface area contributed by atoms with Crippen molar-refractivity contribution in [2.45, 2.75) is 19.0 Å². The second-order valence-corrected chi connectivity index (χ2v) is 5.73. The first-order chi connectivity index (χ1) is 9.70. The molecule has 1 aromatic carbocycles. The zero-order chi connectivity index (χ0) is 13.7. The number of halogens is 2. The molecule has 5 nitrogen and oxygen atoms in total. The normalized spacial score (nSPS) is 18.4. The molecule has 0 spiro atoms. The lowest BCUT2D eigenvalue weighted by Crippen LogP contribution is -2.29. The second-order valence-electron chi connectivity index (χ2n) is 4.87. The predicted molar refractivity (Wildman–Crippen MR) is 75.6 cm³/mol. The number of benzene rings is 1. The number of nitrogens with one attached hydrogen (secondary N) is 3. The van der Waals surface area contributed by atoms with Crippen LogP contribution in [0.5, 0.6) is 0 Å². The highest BCUT2D eigenvalue weighted by Gasteiger charge is 2.24. The summed E-state index contributed by atoms with van der Waals surface area (Å²) in [4.78, 5) is 15.1. The number of aromatic nitrogens is 4. The molecule has 0 radical (unpaired) electrons. The SMILES string of the molecule is Fc1cc2[nH]c(C3Cc4nc[nH]c4CN3)nc2cc1Br. The van der Waals surface area contributed by atoms with Gasteiger partial charge in [-0.2, -0.15) is 0 Å². The molecule has 0 bridgehead atoms. The van der Waals surface area contributed by atoms with Crippen LogP contribution in [0.1, 0.15) is 23.3 Å². The van der Waals surface area contributed by atoms with Crippen molar-refractivity contribution in [3.8, 4) is 0 Å². The van der Waals surface area contributed by atoms with E-state index in [9.17, 15) is 4.39 Å². The molecule has 1 atom stereocenters. The number of hydrogen-bond acceptors (Lipinski definition) is 3. The Morgan fingerprint density at radius 2 is 2.25 bits per heavy atom. The largest absolute Gasteiger partial charge is 0.347 e. The lowest BCUT2D eigenvalue weighted by Gasteiger charge is -2.20. The van der Waals surface area contributed by atoms with Gasteiger partial charge in [0, 0.05) is 19.0 Å². The van der Waals surface area contributed by atoms with Crippen LogP contribution in [0.15, 0.2) is 22.9 Å². The van der Waals surface area contributed by atoms with Gasteiger partial charge in [0.2, 0.25) is 0 Å². The molecule has 1 aliphatic heterocycles. The van der Waals surface area contributed by atoms with Crippen molar-refractivity contribution in [2.24, 2.45) is 0 Å². The van der Waals surface area contributed by atoms with Crippen LogP contribution >= 0.6 is 15.9 Å². The molecule has 4 rings (SSSR count). The summed E-state index contributed by atoms with van der Waals surface area (Å²) in [7, 11) is 0. The first kappa shape index (κ1) is 12.0. The third-order valence-corrected chi connectivity index (χ3v) is 4.21. The Morgan fingerprint density at radius 1 is 1.35 bits per heavy atom. The van der Waals surface area contributed by atoms with Gasteiger partial charge in [0.25, 0.3) is 0 Å². The standard InChI is InChI=1S/C13H11BrFN5/c14-6-1-9-10(2-7(6)15)20-13(19-9)11-3-8-12(4-16-11)18-5-17-8/h1-2,5,11,16H,3-4H2,(H,17,18)(H,19,20). The van der Waals surface area contributed by atoms with E-state index in [2.05, 4.69) is 41.2 Å². The number of imidazole rings is 2. The van der Waals surface area contributed by atoms with Gasteiger partial charge in [0.05, 0.1) is 39.3 Å². The summed E-state index contributed by atoms with van der Waals surface area (Å²) >= 11 is 3.18. The van der Waals surface area contributed by atoms with E-state index in [-0.39, 0.29) is 11.9 Å². The van der Waals surface area contributed by atoms with Gasteiger partial charge in [0.1, 0.15) is 11.6 Å². The summed E-state index contributed by atoms with van der Waals surface area (Å²) in [6.07, 6.45) is 2.47. The molecule has 0 aliphatic carbocycles. The molecule has 0 amide bonds. The molecule has 1 aliphatic rings. The van der Waals surface area contributed by atoms with Crippen LogP contribution in [0.4, 0.5) is 4.39 Å². The number of H-pyrrole nitrogens is 2. The number of nitrogens with zero attached hydrogens (tertiary/aromatic N) is 2. The van der Waals surface area contributed by atoms with E-state index in [1.165, 1.54) is 6.07 Å². The van der Waals surface area contributed by atoms with Gasteiger partial charge in [-0.1, -0.05) is 0 Å². The van der Waals surface area contributed by atoms with Gasteiger partial charge >= 0.3 is 0 Å². The topological polar surface area (TPSA) is 69.4 Å². The average Bonchev–Trinajstić information content (AvgIpc) is 3.04. The molecular formula is C13H11BrFN5. The van der Waals surface area contributed by atoms with Crippen LogP contribution in [-0.4, -0.2) is 19.9 Å². The lowest BCUT2D eigenvalue weighted by molar-refractivity contribution is 0.472. The highest BCUT2D eigenvalue weighted by molar-refractivity contribution is 9.10. The quantitative estimate of drug-likeness (QED) is 0.640. The predicted octanol–water partition coefficient (Wildman–Crippen LogP) is 2.57. The first-order valence-corrected chi connectivity index (χ1v) is 7.09. The fraction of sp³-hybridized carbons (Fsp3) is 0.231. The molecule has 0 saturated carbocycles. The van der Waals surface area contributed by atoms with Gasteiger partial charge in [0.15, 0.2) is 0 Å². The molecule has 3 heterocycles. The Kier molecular flexibility index (Phi) is 2.64. The Balaban J connectivity index is 1.73. The van der Waals surface area contributed by atoms with Crippen molar-refractivity contribution in [3.63, 3.8) is 0 Å². The van der Waals surface area contributed by atoms with E-state index in [1.54, 1.807) is 12.4 Å². The summed E-state index contributed by atoms with van der Waals surface area (Å²) in [5.74, 6) is 0.519. The Bertz CT molecular complexity index is 754. The van der Waals surface area contributed by atoms with Crippen molar-refractivity contribution < 1.29 is 4.39 Å². The molecule has 3 N–H and O–H groups in total. The Hall–Kier alpha value is -1.73. The number of hydrogen-bond donors (Lipinski definition) is 3. The highest BCUT2D eigenvalue weighted by atomic mass is 79.9. The van der Waals surface area contributed by atoms with Crippen molar-refractivity contribution in [1.29, 1.82) is 0 Å². The molecule has 2 aromatic heterocycles. The summed E-state index contributed by atoms with van der Waals surface area (Å²) in [5, 5.41) is 3.40. The Morgan fingerprint density at radius 3 is 3.15 bits per heavy atom. The zero-order valence-electron chi connectivity index (χ0n) is 10.4. The molecule has 0 saturated heterocycles. The maximum Gasteiger partial charge on any atom is 0.139 e. The van der Waals surface area contributed by atoms with Crippen molar-refractivity contribution in [1.82, 2.24) is 25.3 Å². The van der Waals surface area contributed by atoms with Gasteiger partial charge in [-0.3, -0.25) is 0 Å². The molecule has 0 fully saturated rings.